The first kappa shape index (κ1) is 16.1. The van der Waals surface area contributed by atoms with Gasteiger partial charge in [-0.1, -0.05) is 12.0 Å². The lowest BCUT2D eigenvalue weighted by molar-refractivity contribution is 0.476. The molecule has 0 fully saturated rings. The van der Waals surface area contributed by atoms with Crippen molar-refractivity contribution in [2.75, 3.05) is 0 Å². The maximum Gasteiger partial charge on any atom is 0.153 e. The Morgan fingerprint density at radius 2 is 2.00 bits per heavy atom. The monoisotopic (exact) mass is 329 g/mol. The third-order valence-electron chi connectivity index (χ3n) is 3.63. The van der Waals surface area contributed by atoms with E-state index >= 15 is 0 Å². The third kappa shape index (κ3) is 3.25. The lowest BCUT2D eigenvalue weighted by Gasteiger charge is -1.99. The molecule has 3 nitrogen and oxygen atoms in total. The Morgan fingerprint density at radius 3 is 2.79 bits per heavy atom. The average molecular weight is 329 g/mol. The zero-order valence-electron chi connectivity index (χ0n) is 13.0. The van der Waals surface area contributed by atoms with Gasteiger partial charge >= 0.3 is 0 Å². The van der Waals surface area contributed by atoms with E-state index in [1.165, 1.54) is 6.07 Å². The van der Waals surface area contributed by atoms with Crippen molar-refractivity contribution in [2.45, 2.75) is 19.5 Å². The van der Waals surface area contributed by atoms with Crippen LogP contribution in [-0.4, -0.2) is 14.5 Å². The second-order valence-electron chi connectivity index (χ2n) is 5.29. The standard InChI is InChI=1S/C18H14F3N3/c1-24-16-10-12(20)9-15(21)18(16)23-17(24)8-3-2-5-13-6-4-7-14(11-19)22-13/h4,6-7,9-10H,3,8,11H2,1H3. The molecule has 3 aromatic rings. The number of halogens is 3. The highest BCUT2D eigenvalue weighted by Gasteiger charge is 2.12. The molecule has 0 aliphatic heterocycles. The molecule has 0 bridgehead atoms. The Hall–Kier alpha value is -2.81. The van der Waals surface area contributed by atoms with Gasteiger partial charge in [0.2, 0.25) is 0 Å². The Balaban J connectivity index is 1.76. The number of rotatable bonds is 3. The summed E-state index contributed by atoms with van der Waals surface area (Å²) in [4.78, 5) is 8.26. The van der Waals surface area contributed by atoms with Crippen molar-refractivity contribution >= 4 is 11.0 Å². The first-order chi connectivity index (χ1) is 11.6. The molecule has 0 radical (unpaired) electrons. The number of imidazole rings is 1. The van der Waals surface area contributed by atoms with Crippen molar-refractivity contribution in [3.8, 4) is 11.8 Å². The van der Waals surface area contributed by atoms with E-state index < -0.39 is 18.3 Å². The van der Waals surface area contributed by atoms with Crippen LogP contribution in [0.3, 0.4) is 0 Å². The van der Waals surface area contributed by atoms with Crippen LogP contribution in [0.15, 0.2) is 30.3 Å². The normalized spacial score (nSPS) is 10.7. The van der Waals surface area contributed by atoms with Crippen LogP contribution in [-0.2, 0) is 20.1 Å². The quantitative estimate of drug-likeness (QED) is 0.686. The fourth-order valence-corrected chi connectivity index (χ4v) is 2.44. The lowest BCUT2D eigenvalue weighted by Crippen LogP contribution is -1.97. The molecule has 0 amide bonds. The highest BCUT2D eigenvalue weighted by molar-refractivity contribution is 5.76. The minimum Gasteiger partial charge on any atom is -0.331 e. The number of hydrogen-bond donors (Lipinski definition) is 0. The predicted octanol–water partition coefficient (Wildman–Crippen LogP) is 3.70. The van der Waals surface area contributed by atoms with Crippen molar-refractivity contribution in [1.29, 1.82) is 0 Å². The Morgan fingerprint density at radius 1 is 1.17 bits per heavy atom. The molecule has 0 unspecified atom stereocenters. The maximum absolute atomic E-state index is 13.7. The van der Waals surface area contributed by atoms with Crippen LogP contribution in [0.5, 0.6) is 0 Å². The van der Waals surface area contributed by atoms with E-state index in [1.54, 1.807) is 29.8 Å². The Kier molecular flexibility index (Phi) is 4.52. The van der Waals surface area contributed by atoms with Crippen LogP contribution in [0.1, 0.15) is 23.6 Å². The second-order valence-corrected chi connectivity index (χ2v) is 5.29. The average Bonchev–Trinajstić information content (AvgIpc) is 2.89. The zero-order chi connectivity index (χ0) is 17.1. The van der Waals surface area contributed by atoms with E-state index in [1.807, 2.05) is 0 Å². The molecule has 0 spiro atoms. The predicted molar refractivity (Wildman–Crippen MR) is 84.9 cm³/mol. The number of nitrogens with zero attached hydrogens (tertiary/aromatic N) is 3. The molecule has 0 N–H and O–H groups in total. The number of hydrogen-bond acceptors (Lipinski definition) is 2. The molecule has 6 heteroatoms. The summed E-state index contributed by atoms with van der Waals surface area (Å²) in [5, 5.41) is 0. The molecular formula is C18H14F3N3. The number of benzene rings is 1. The van der Waals surface area contributed by atoms with Gasteiger partial charge in [0.25, 0.3) is 0 Å². The van der Waals surface area contributed by atoms with Crippen LogP contribution in [0, 0.1) is 23.5 Å². The van der Waals surface area contributed by atoms with Gasteiger partial charge in [0.05, 0.1) is 11.2 Å². The molecular weight excluding hydrogens is 315 g/mol. The minimum absolute atomic E-state index is 0.152. The molecule has 2 heterocycles. The van der Waals surface area contributed by atoms with Gasteiger partial charge in [-0.15, -0.1) is 0 Å². The van der Waals surface area contributed by atoms with Crippen molar-refractivity contribution in [3.63, 3.8) is 0 Å². The number of alkyl halides is 1. The maximum atomic E-state index is 13.7. The molecule has 122 valence electrons. The van der Waals surface area contributed by atoms with Gasteiger partial charge in [-0.05, 0) is 24.1 Å². The summed E-state index contributed by atoms with van der Waals surface area (Å²) in [7, 11) is 1.71. The number of aryl methyl sites for hydroxylation is 2. The number of aromatic nitrogens is 3. The largest absolute Gasteiger partial charge is 0.331 e. The molecule has 0 saturated carbocycles. The highest BCUT2D eigenvalue weighted by Crippen LogP contribution is 2.20. The zero-order valence-corrected chi connectivity index (χ0v) is 13.0. The van der Waals surface area contributed by atoms with Crippen molar-refractivity contribution < 1.29 is 13.2 Å². The van der Waals surface area contributed by atoms with E-state index in [0.29, 0.717) is 35.6 Å². The van der Waals surface area contributed by atoms with Crippen LogP contribution < -0.4 is 0 Å². The first-order valence-corrected chi connectivity index (χ1v) is 7.39. The molecule has 1 aromatic carbocycles. The van der Waals surface area contributed by atoms with Crippen LogP contribution in [0.4, 0.5) is 13.2 Å². The van der Waals surface area contributed by atoms with Crippen molar-refractivity contribution in [1.82, 2.24) is 14.5 Å². The summed E-state index contributed by atoms with van der Waals surface area (Å²) < 4.78 is 41.2. The van der Waals surface area contributed by atoms with Gasteiger partial charge in [-0.3, -0.25) is 0 Å². The van der Waals surface area contributed by atoms with Crippen LogP contribution in [0.25, 0.3) is 11.0 Å². The van der Waals surface area contributed by atoms with Crippen molar-refractivity contribution in [2.24, 2.45) is 7.05 Å². The summed E-state index contributed by atoms with van der Waals surface area (Å²) in [6.45, 7) is -0.627. The Labute approximate surface area is 137 Å². The third-order valence-corrected chi connectivity index (χ3v) is 3.63. The van der Waals surface area contributed by atoms with Gasteiger partial charge in [-0.25, -0.2) is 23.1 Å². The molecule has 0 aliphatic carbocycles. The number of pyridine rings is 1. The van der Waals surface area contributed by atoms with Crippen LogP contribution >= 0.6 is 0 Å². The fraction of sp³-hybridized carbons (Fsp3) is 0.222. The molecule has 3 rings (SSSR count). The summed E-state index contributed by atoms with van der Waals surface area (Å²) >= 11 is 0. The molecule has 2 aromatic heterocycles. The van der Waals surface area contributed by atoms with Gasteiger partial charge in [0.1, 0.15) is 29.5 Å². The summed E-state index contributed by atoms with van der Waals surface area (Å²) in [5.41, 5.74) is 1.41. The molecule has 0 saturated heterocycles. The van der Waals surface area contributed by atoms with Gasteiger partial charge < -0.3 is 4.57 Å². The first-order valence-electron chi connectivity index (χ1n) is 7.39. The highest BCUT2D eigenvalue weighted by atomic mass is 19.1. The lowest BCUT2D eigenvalue weighted by atomic mass is 10.2. The second kappa shape index (κ2) is 6.75. The van der Waals surface area contributed by atoms with E-state index in [0.717, 1.165) is 6.07 Å². The summed E-state index contributed by atoms with van der Waals surface area (Å²) in [6, 6.07) is 7.09. The Bertz CT molecular complexity index is 951. The molecule has 0 aliphatic rings. The van der Waals surface area contributed by atoms with Gasteiger partial charge in [0, 0.05) is 26.0 Å². The van der Waals surface area contributed by atoms with E-state index in [4.69, 9.17) is 0 Å². The van der Waals surface area contributed by atoms with Crippen molar-refractivity contribution in [3.05, 3.63) is 59.2 Å². The topological polar surface area (TPSA) is 30.7 Å². The van der Waals surface area contributed by atoms with Gasteiger partial charge in [0.15, 0.2) is 5.82 Å². The van der Waals surface area contributed by atoms with E-state index in [-0.39, 0.29) is 5.52 Å². The molecule has 0 atom stereocenters. The van der Waals surface area contributed by atoms with Gasteiger partial charge in [-0.2, -0.15) is 0 Å². The molecule has 24 heavy (non-hydrogen) atoms. The summed E-state index contributed by atoms with van der Waals surface area (Å²) in [5.74, 6) is 5.12. The fourth-order valence-electron chi connectivity index (χ4n) is 2.44. The summed E-state index contributed by atoms with van der Waals surface area (Å²) in [6.07, 6.45) is 0.963. The van der Waals surface area contributed by atoms with Crippen LogP contribution in [0.2, 0.25) is 0 Å². The number of fused-ring (bicyclic) bond motifs is 1. The smallest absolute Gasteiger partial charge is 0.153 e. The minimum atomic E-state index is -0.676. The van der Waals surface area contributed by atoms with E-state index in [9.17, 15) is 13.2 Å². The SMILES string of the molecule is Cn1c(CCC#Cc2cccc(CF)n2)nc2c(F)cc(F)cc21. The van der Waals surface area contributed by atoms with E-state index in [2.05, 4.69) is 21.8 Å².